The molecule has 0 aliphatic carbocycles. The summed E-state index contributed by atoms with van der Waals surface area (Å²) in [6, 6.07) is 17.9. The van der Waals surface area contributed by atoms with Gasteiger partial charge in [-0.1, -0.05) is 42.5 Å². The molecule has 3 heterocycles. The van der Waals surface area contributed by atoms with E-state index >= 15 is 0 Å². The number of hydrogen-bond donors (Lipinski definition) is 1. The summed E-state index contributed by atoms with van der Waals surface area (Å²) >= 11 is 3.36. The number of hydrogen-bond acceptors (Lipinski definition) is 4. The van der Waals surface area contributed by atoms with E-state index in [-0.39, 0.29) is 5.91 Å². The van der Waals surface area contributed by atoms with Gasteiger partial charge in [-0.3, -0.25) is 14.2 Å². The normalized spacial score (nSPS) is 11.1. The number of nitrogens with zero attached hydrogens (tertiary/aromatic N) is 6. The van der Waals surface area contributed by atoms with Crippen LogP contribution in [0.2, 0.25) is 0 Å². The first-order chi connectivity index (χ1) is 15.1. The molecule has 2 aromatic carbocycles. The molecule has 5 aromatic rings. The van der Waals surface area contributed by atoms with Gasteiger partial charge in [-0.2, -0.15) is 15.3 Å². The summed E-state index contributed by atoms with van der Waals surface area (Å²) in [6.07, 6.45) is 7.13. The number of carbonyl (C=O) groups is 1. The van der Waals surface area contributed by atoms with Crippen LogP contribution in [0.5, 0.6) is 0 Å². The van der Waals surface area contributed by atoms with Crippen LogP contribution in [0.3, 0.4) is 0 Å². The van der Waals surface area contributed by atoms with Gasteiger partial charge in [0.15, 0.2) is 11.5 Å². The number of amides is 1. The van der Waals surface area contributed by atoms with Crippen molar-refractivity contribution in [1.82, 2.24) is 29.3 Å². The van der Waals surface area contributed by atoms with Crippen molar-refractivity contribution in [2.45, 2.75) is 13.2 Å². The van der Waals surface area contributed by atoms with E-state index in [0.29, 0.717) is 24.7 Å². The predicted molar refractivity (Wildman–Crippen MR) is 121 cm³/mol. The Labute approximate surface area is 186 Å². The first-order valence-corrected chi connectivity index (χ1v) is 10.5. The van der Waals surface area contributed by atoms with Crippen LogP contribution in [0, 0.1) is 0 Å². The lowest BCUT2D eigenvalue weighted by molar-refractivity contribution is 0.102. The molecule has 0 aliphatic rings. The summed E-state index contributed by atoms with van der Waals surface area (Å²) in [5.41, 5.74) is 1.48. The van der Waals surface area contributed by atoms with Crippen molar-refractivity contribution < 1.29 is 4.79 Å². The number of rotatable bonds is 6. The van der Waals surface area contributed by atoms with Crippen LogP contribution in [0.1, 0.15) is 16.1 Å². The maximum absolute atomic E-state index is 12.6. The van der Waals surface area contributed by atoms with Crippen LogP contribution in [0.4, 0.5) is 5.82 Å². The molecule has 31 heavy (non-hydrogen) atoms. The van der Waals surface area contributed by atoms with Gasteiger partial charge in [0, 0.05) is 24.7 Å². The Balaban J connectivity index is 1.26. The van der Waals surface area contributed by atoms with Crippen LogP contribution in [-0.4, -0.2) is 35.2 Å². The van der Waals surface area contributed by atoms with Crippen LogP contribution in [0.15, 0.2) is 83.9 Å². The van der Waals surface area contributed by atoms with Gasteiger partial charge in [0.05, 0.1) is 17.2 Å². The molecule has 154 valence electrons. The molecule has 1 N–H and O–H groups in total. The monoisotopic (exact) mass is 475 g/mol. The smallest absolute Gasteiger partial charge is 0.277 e. The topological polar surface area (TPSA) is 82.6 Å². The van der Waals surface area contributed by atoms with E-state index in [1.165, 1.54) is 16.3 Å². The first-order valence-electron chi connectivity index (χ1n) is 9.67. The summed E-state index contributed by atoms with van der Waals surface area (Å²) in [5.74, 6) is 0.173. The van der Waals surface area contributed by atoms with Gasteiger partial charge < -0.3 is 5.32 Å². The minimum absolute atomic E-state index is 0.309. The number of benzene rings is 2. The molecule has 8 nitrogen and oxygen atoms in total. The highest BCUT2D eigenvalue weighted by atomic mass is 79.9. The maximum atomic E-state index is 12.6. The number of carbonyl (C=O) groups excluding carboxylic acids is 1. The Bertz CT molecular complexity index is 1360. The van der Waals surface area contributed by atoms with Crippen LogP contribution < -0.4 is 5.32 Å². The molecule has 1 amide bonds. The Morgan fingerprint density at radius 2 is 1.77 bits per heavy atom. The number of aromatic nitrogens is 6. The van der Waals surface area contributed by atoms with Gasteiger partial charge in [-0.25, -0.2) is 4.68 Å². The lowest BCUT2D eigenvalue weighted by Crippen LogP contribution is -2.15. The zero-order valence-corrected chi connectivity index (χ0v) is 18.0. The zero-order valence-electron chi connectivity index (χ0n) is 16.4. The quantitative estimate of drug-likeness (QED) is 0.402. The van der Waals surface area contributed by atoms with Crippen molar-refractivity contribution in [3.63, 3.8) is 0 Å². The highest BCUT2D eigenvalue weighted by Gasteiger charge is 2.12. The van der Waals surface area contributed by atoms with Gasteiger partial charge in [0.1, 0.15) is 6.67 Å². The lowest BCUT2D eigenvalue weighted by Gasteiger charge is -2.07. The molecule has 0 unspecified atom stereocenters. The fourth-order valence-corrected chi connectivity index (χ4v) is 3.76. The van der Waals surface area contributed by atoms with Crippen molar-refractivity contribution >= 4 is 38.4 Å². The summed E-state index contributed by atoms with van der Waals surface area (Å²) in [6.45, 7) is 1.03. The molecule has 3 aromatic heterocycles. The molecule has 5 rings (SSSR count). The fourth-order valence-electron chi connectivity index (χ4n) is 3.43. The highest BCUT2D eigenvalue weighted by Crippen LogP contribution is 2.19. The maximum Gasteiger partial charge on any atom is 0.277 e. The van der Waals surface area contributed by atoms with E-state index in [1.54, 1.807) is 33.9 Å². The van der Waals surface area contributed by atoms with Gasteiger partial charge >= 0.3 is 0 Å². The third-order valence-electron chi connectivity index (χ3n) is 4.86. The third-order valence-corrected chi connectivity index (χ3v) is 5.27. The first kappa shape index (κ1) is 19.3. The number of halogens is 1. The number of fused-ring (bicyclic) bond motifs is 1. The van der Waals surface area contributed by atoms with Crippen LogP contribution in [0.25, 0.3) is 10.8 Å². The zero-order chi connectivity index (χ0) is 21.2. The van der Waals surface area contributed by atoms with E-state index < -0.39 is 0 Å². The molecular weight excluding hydrogens is 458 g/mol. The minimum atomic E-state index is -0.309. The molecule has 9 heteroatoms. The second-order valence-corrected chi connectivity index (χ2v) is 7.99. The minimum Gasteiger partial charge on any atom is -0.304 e. The molecule has 0 spiro atoms. The second kappa shape index (κ2) is 8.19. The SMILES string of the molecule is O=C(Nc1ccn(Cc2cccc3ccccc23)n1)c1ccn(Cn2cc(Br)cn2)n1. The molecule has 0 aliphatic heterocycles. The molecule has 0 atom stereocenters. The predicted octanol–water partition coefficient (Wildman–Crippen LogP) is 4.00. The van der Waals surface area contributed by atoms with Gasteiger partial charge in [0.2, 0.25) is 0 Å². The fraction of sp³-hybridized carbons (Fsp3) is 0.0909. The molecule has 0 fully saturated rings. The highest BCUT2D eigenvalue weighted by molar-refractivity contribution is 9.10. The Morgan fingerprint density at radius 3 is 2.65 bits per heavy atom. The Kier molecular flexibility index (Phi) is 5.09. The van der Waals surface area contributed by atoms with E-state index in [2.05, 4.69) is 60.8 Å². The van der Waals surface area contributed by atoms with E-state index in [4.69, 9.17) is 0 Å². The van der Waals surface area contributed by atoms with Crippen molar-refractivity contribution in [2.24, 2.45) is 0 Å². The molecule has 0 radical (unpaired) electrons. The largest absolute Gasteiger partial charge is 0.304 e. The summed E-state index contributed by atoms with van der Waals surface area (Å²) in [4.78, 5) is 12.6. The Morgan fingerprint density at radius 1 is 0.935 bits per heavy atom. The number of anilines is 1. The van der Waals surface area contributed by atoms with E-state index in [0.717, 1.165) is 4.47 Å². The van der Waals surface area contributed by atoms with Crippen LogP contribution >= 0.6 is 15.9 Å². The van der Waals surface area contributed by atoms with Crippen molar-refractivity contribution in [2.75, 3.05) is 5.32 Å². The summed E-state index contributed by atoms with van der Waals surface area (Å²) in [5, 5.41) is 18.2. The average Bonchev–Trinajstić information content (AvgIpc) is 3.51. The van der Waals surface area contributed by atoms with Crippen LogP contribution in [-0.2, 0) is 13.2 Å². The Hall–Kier alpha value is -3.72. The second-order valence-electron chi connectivity index (χ2n) is 7.07. The average molecular weight is 476 g/mol. The van der Waals surface area contributed by atoms with Crippen molar-refractivity contribution in [1.29, 1.82) is 0 Å². The summed E-state index contributed by atoms with van der Waals surface area (Å²) in [7, 11) is 0. The third kappa shape index (κ3) is 4.26. The van der Waals surface area contributed by atoms with E-state index in [1.807, 2.05) is 35.3 Å². The van der Waals surface area contributed by atoms with Crippen molar-refractivity contribution in [3.8, 4) is 0 Å². The number of nitrogens with one attached hydrogen (secondary N) is 1. The van der Waals surface area contributed by atoms with E-state index in [9.17, 15) is 4.79 Å². The standard InChI is InChI=1S/C22H18BrN7O/c23-18-12-24-30(14-18)15-29-10-8-20(26-29)22(31)25-21-9-11-28(27-21)13-17-6-3-5-16-4-1-2-7-19(16)17/h1-12,14H,13,15H2,(H,25,27,31). The van der Waals surface area contributed by atoms with Gasteiger partial charge in [0.25, 0.3) is 5.91 Å². The molecule has 0 bridgehead atoms. The summed E-state index contributed by atoms with van der Waals surface area (Å²) < 4.78 is 6.06. The molecule has 0 saturated carbocycles. The van der Waals surface area contributed by atoms with Crippen molar-refractivity contribution in [3.05, 3.63) is 95.1 Å². The van der Waals surface area contributed by atoms with Gasteiger partial charge in [-0.15, -0.1) is 0 Å². The molecular formula is C22H18BrN7O. The lowest BCUT2D eigenvalue weighted by atomic mass is 10.0. The molecule has 0 saturated heterocycles. The van der Waals surface area contributed by atoms with Gasteiger partial charge in [-0.05, 0) is 38.3 Å².